The molecule has 0 aliphatic carbocycles. The van der Waals surface area contributed by atoms with Gasteiger partial charge in [0.15, 0.2) is 0 Å². The van der Waals surface area contributed by atoms with Crippen LogP contribution in [-0.2, 0) is 9.53 Å². The number of hydrogen-bond donors (Lipinski definition) is 0. The third-order valence-electron chi connectivity index (χ3n) is 5.94. The van der Waals surface area contributed by atoms with Crippen LogP contribution in [0.1, 0.15) is 31.2 Å². The van der Waals surface area contributed by atoms with Crippen molar-refractivity contribution in [2.75, 3.05) is 46.0 Å². The Balaban J connectivity index is 1.39. The van der Waals surface area contributed by atoms with Crippen LogP contribution in [0.5, 0.6) is 5.75 Å². The number of rotatable bonds is 3. The summed E-state index contributed by atoms with van der Waals surface area (Å²) in [5.41, 5.74) is 1.19. The van der Waals surface area contributed by atoms with Gasteiger partial charge in [0.25, 0.3) is 0 Å². The highest BCUT2D eigenvalue weighted by Gasteiger charge is 2.37. The zero-order valence-corrected chi connectivity index (χ0v) is 15.0. The van der Waals surface area contributed by atoms with Crippen molar-refractivity contribution in [1.82, 2.24) is 9.80 Å². The van der Waals surface area contributed by atoms with Crippen LogP contribution in [0.2, 0.25) is 0 Å². The summed E-state index contributed by atoms with van der Waals surface area (Å²) in [5, 5.41) is 0. The molecule has 5 nitrogen and oxygen atoms in total. The Kier molecular flexibility index (Phi) is 4.95. The molecule has 2 saturated heterocycles. The molecule has 1 aromatic carbocycles. The van der Waals surface area contributed by atoms with E-state index in [-0.39, 0.29) is 5.92 Å². The summed E-state index contributed by atoms with van der Waals surface area (Å²) >= 11 is 0. The second-order valence-corrected chi connectivity index (χ2v) is 7.57. The van der Waals surface area contributed by atoms with Gasteiger partial charge in [0.05, 0.1) is 19.8 Å². The van der Waals surface area contributed by atoms with Gasteiger partial charge < -0.3 is 14.4 Å². The van der Waals surface area contributed by atoms with Crippen molar-refractivity contribution in [3.8, 4) is 5.75 Å². The standard InChI is InChI=1S/C20H28N2O3/c1-15-13-22(14-18(15)21-7-10-24-11-8-21)20(23)12-16-6-9-25-19-5-3-2-4-17(16)19/h2-5,15-16,18H,6-14H2,1H3/t15-,16+,18+/m1/s1. The molecule has 0 radical (unpaired) electrons. The molecule has 136 valence electrons. The van der Waals surface area contributed by atoms with Crippen LogP contribution >= 0.6 is 0 Å². The van der Waals surface area contributed by atoms with E-state index < -0.39 is 0 Å². The number of likely N-dealkylation sites (tertiary alicyclic amines) is 1. The summed E-state index contributed by atoms with van der Waals surface area (Å²) in [6.07, 6.45) is 1.53. The first kappa shape index (κ1) is 16.9. The zero-order valence-electron chi connectivity index (χ0n) is 15.0. The molecule has 0 N–H and O–H groups in total. The highest BCUT2D eigenvalue weighted by Crippen LogP contribution is 2.36. The van der Waals surface area contributed by atoms with Gasteiger partial charge in [-0.05, 0) is 29.9 Å². The predicted molar refractivity (Wildman–Crippen MR) is 95.8 cm³/mol. The minimum Gasteiger partial charge on any atom is -0.493 e. The smallest absolute Gasteiger partial charge is 0.223 e. The van der Waals surface area contributed by atoms with Crippen LogP contribution < -0.4 is 4.74 Å². The summed E-state index contributed by atoms with van der Waals surface area (Å²) in [4.78, 5) is 17.5. The van der Waals surface area contributed by atoms with E-state index in [1.807, 2.05) is 18.2 Å². The SMILES string of the molecule is C[C@@H]1CN(C(=O)C[C@@H]2CCOc3ccccc32)C[C@@H]1N1CCOCC1. The fourth-order valence-corrected chi connectivity index (χ4v) is 4.51. The molecule has 0 aromatic heterocycles. The van der Waals surface area contributed by atoms with Gasteiger partial charge in [0.2, 0.25) is 5.91 Å². The second kappa shape index (κ2) is 7.34. The number of carbonyl (C=O) groups excluding carboxylic acids is 1. The van der Waals surface area contributed by atoms with Gasteiger partial charge in [-0.2, -0.15) is 0 Å². The summed E-state index contributed by atoms with van der Waals surface area (Å²) in [6, 6.07) is 8.64. The Bertz CT molecular complexity index is 615. The predicted octanol–water partition coefficient (Wildman–Crippen LogP) is 2.12. The van der Waals surface area contributed by atoms with Crippen molar-refractivity contribution in [2.45, 2.75) is 31.7 Å². The molecule has 4 rings (SSSR count). The summed E-state index contributed by atoms with van der Waals surface area (Å²) in [7, 11) is 0. The third-order valence-corrected chi connectivity index (χ3v) is 5.94. The number of benzene rings is 1. The van der Waals surface area contributed by atoms with Crippen LogP contribution in [0, 0.1) is 5.92 Å². The lowest BCUT2D eigenvalue weighted by molar-refractivity contribution is -0.131. The first-order valence-electron chi connectivity index (χ1n) is 9.53. The van der Waals surface area contributed by atoms with Gasteiger partial charge >= 0.3 is 0 Å². The molecule has 5 heteroatoms. The highest BCUT2D eigenvalue weighted by molar-refractivity contribution is 5.77. The molecular weight excluding hydrogens is 316 g/mol. The Hall–Kier alpha value is -1.59. The normalized spacial score (nSPS) is 30.0. The fraction of sp³-hybridized carbons (Fsp3) is 0.650. The number of fused-ring (bicyclic) bond motifs is 1. The highest BCUT2D eigenvalue weighted by atomic mass is 16.5. The van der Waals surface area contributed by atoms with Crippen molar-refractivity contribution in [2.24, 2.45) is 5.92 Å². The van der Waals surface area contributed by atoms with Crippen LogP contribution in [0.3, 0.4) is 0 Å². The van der Waals surface area contributed by atoms with E-state index in [4.69, 9.17) is 9.47 Å². The van der Waals surface area contributed by atoms with E-state index in [9.17, 15) is 4.79 Å². The Morgan fingerprint density at radius 1 is 1.16 bits per heavy atom. The molecular formula is C20H28N2O3. The van der Waals surface area contributed by atoms with Gasteiger partial charge in [-0.15, -0.1) is 0 Å². The average Bonchev–Trinajstić information content (AvgIpc) is 3.05. The van der Waals surface area contributed by atoms with E-state index >= 15 is 0 Å². The molecule has 0 bridgehead atoms. The molecule has 0 spiro atoms. The maximum atomic E-state index is 12.9. The van der Waals surface area contributed by atoms with Crippen LogP contribution in [-0.4, -0.2) is 67.7 Å². The second-order valence-electron chi connectivity index (χ2n) is 7.57. The van der Waals surface area contributed by atoms with Crippen molar-refractivity contribution >= 4 is 5.91 Å². The minimum atomic E-state index is 0.287. The van der Waals surface area contributed by atoms with Gasteiger partial charge in [-0.3, -0.25) is 9.69 Å². The Morgan fingerprint density at radius 3 is 2.80 bits per heavy atom. The maximum absolute atomic E-state index is 12.9. The van der Waals surface area contributed by atoms with Crippen molar-refractivity contribution in [1.29, 1.82) is 0 Å². The summed E-state index contributed by atoms with van der Waals surface area (Å²) in [6.45, 7) is 8.34. The molecule has 0 unspecified atom stereocenters. The lowest BCUT2D eigenvalue weighted by Gasteiger charge is -2.34. The van der Waals surface area contributed by atoms with E-state index in [1.165, 1.54) is 5.56 Å². The number of morpholine rings is 1. The fourth-order valence-electron chi connectivity index (χ4n) is 4.51. The molecule has 3 aliphatic rings. The van der Waals surface area contributed by atoms with E-state index in [0.29, 0.717) is 30.9 Å². The maximum Gasteiger partial charge on any atom is 0.223 e. The largest absolute Gasteiger partial charge is 0.493 e. The Morgan fingerprint density at radius 2 is 1.96 bits per heavy atom. The number of nitrogens with zero attached hydrogens (tertiary/aromatic N) is 2. The number of amides is 1. The first-order chi connectivity index (χ1) is 12.2. The van der Waals surface area contributed by atoms with Gasteiger partial charge in [0.1, 0.15) is 5.75 Å². The molecule has 3 aliphatic heterocycles. The molecule has 3 atom stereocenters. The van der Waals surface area contributed by atoms with E-state index in [0.717, 1.165) is 51.6 Å². The molecule has 1 aromatic rings. The van der Waals surface area contributed by atoms with Gasteiger partial charge in [0, 0.05) is 38.6 Å². The summed E-state index contributed by atoms with van der Waals surface area (Å²) in [5.74, 6) is 2.07. The zero-order chi connectivity index (χ0) is 17.2. The molecule has 25 heavy (non-hydrogen) atoms. The minimum absolute atomic E-state index is 0.287. The van der Waals surface area contributed by atoms with Crippen molar-refractivity contribution in [3.05, 3.63) is 29.8 Å². The van der Waals surface area contributed by atoms with E-state index in [2.05, 4.69) is 22.8 Å². The quantitative estimate of drug-likeness (QED) is 0.842. The number of para-hydroxylation sites is 1. The molecule has 1 amide bonds. The number of ether oxygens (including phenoxy) is 2. The average molecular weight is 344 g/mol. The van der Waals surface area contributed by atoms with E-state index in [1.54, 1.807) is 0 Å². The Labute approximate surface area is 149 Å². The molecule has 2 fully saturated rings. The molecule has 3 heterocycles. The monoisotopic (exact) mass is 344 g/mol. The number of carbonyl (C=O) groups is 1. The van der Waals surface area contributed by atoms with Crippen LogP contribution in [0.25, 0.3) is 0 Å². The van der Waals surface area contributed by atoms with Crippen LogP contribution in [0.4, 0.5) is 0 Å². The lowest BCUT2D eigenvalue weighted by Crippen LogP contribution is -2.47. The third kappa shape index (κ3) is 3.53. The van der Waals surface area contributed by atoms with Crippen molar-refractivity contribution < 1.29 is 14.3 Å². The van der Waals surface area contributed by atoms with Crippen LogP contribution in [0.15, 0.2) is 24.3 Å². The van der Waals surface area contributed by atoms with Crippen molar-refractivity contribution in [3.63, 3.8) is 0 Å². The molecule has 0 saturated carbocycles. The topological polar surface area (TPSA) is 42.0 Å². The summed E-state index contributed by atoms with van der Waals surface area (Å²) < 4.78 is 11.2. The lowest BCUT2D eigenvalue weighted by atomic mass is 9.90. The number of hydrogen-bond acceptors (Lipinski definition) is 4. The first-order valence-corrected chi connectivity index (χ1v) is 9.53. The van der Waals surface area contributed by atoms with Gasteiger partial charge in [-0.1, -0.05) is 25.1 Å². The van der Waals surface area contributed by atoms with Gasteiger partial charge in [-0.25, -0.2) is 0 Å².